The molecule has 6 aromatic carbocycles. The maximum absolute atomic E-state index is 2.46. The molecule has 0 saturated heterocycles. The Morgan fingerprint density at radius 3 is 1.03 bits per heavy atom. The second kappa shape index (κ2) is 10.1. The summed E-state index contributed by atoms with van der Waals surface area (Å²) in [6.07, 6.45) is 4.08. The van der Waals surface area contributed by atoms with E-state index < -0.39 is 0 Å². The van der Waals surface area contributed by atoms with Gasteiger partial charge in [-0.15, -0.1) is 0 Å². The summed E-state index contributed by atoms with van der Waals surface area (Å²) in [6.45, 7) is 9.16. The van der Waals surface area contributed by atoms with Gasteiger partial charge >= 0.3 is 0 Å². The van der Waals surface area contributed by atoms with Gasteiger partial charge in [-0.2, -0.15) is 0 Å². The van der Waals surface area contributed by atoms with Crippen molar-refractivity contribution in [2.24, 2.45) is 0 Å². The molecule has 0 unspecified atom stereocenters. The van der Waals surface area contributed by atoms with Crippen molar-refractivity contribution in [3.05, 3.63) is 119 Å². The average molecular weight is 493 g/mol. The molecule has 0 aromatic heterocycles. The van der Waals surface area contributed by atoms with Crippen LogP contribution in [-0.2, 0) is 25.7 Å². The largest absolute Gasteiger partial charge is 0.0617 e. The van der Waals surface area contributed by atoms with E-state index in [9.17, 15) is 0 Å². The molecule has 0 bridgehead atoms. The van der Waals surface area contributed by atoms with Gasteiger partial charge in [0.05, 0.1) is 0 Å². The molecule has 0 radical (unpaired) electrons. The Labute approximate surface area is 227 Å². The number of hydrogen-bond acceptors (Lipinski definition) is 0. The van der Waals surface area contributed by atoms with E-state index in [1.54, 1.807) is 0 Å². The number of rotatable bonds is 6. The smallest absolute Gasteiger partial charge is 0.00206 e. The predicted octanol–water partition coefficient (Wildman–Crippen LogP) is 10.7. The second-order valence-corrected chi connectivity index (χ2v) is 10.4. The minimum atomic E-state index is 1.02. The summed E-state index contributed by atoms with van der Waals surface area (Å²) in [5, 5.41) is 8.03. The first kappa shape index (κ1) is 24.4. The summed E-state index contributed by atoms with van der Waals surface area (Å²) in [5.74, 6) is 0. The Morgan fingerprint density at radius 1 is 0.342 bits per heavy atom. The molecule has 188 valence electrons. The zero-order chi connectivity index (χ0) is 26.2. The molecule has 6 aromatic rings. The predicted molar refractivity (Wildman–Crippen MR) is 167 cm³/mol. The fraction of sp³-hybridized carbons (Fsp3) is 0.211. The lowest BCUT2D eigenvalue weighted by atomic mass is 9.80. The van der Waals surface area contributed by atoms with Gasteiger partial charge in [-0.05, 0) is 115 Å². The van der Waals surface area contributed by atoms with E-state index >= 15 is 0 Å². The van der Waals surface area contributed by atoms with Gasteiger partial charge in [-0.3, -0.25) is 0 Å². The van der Waals surface area contributed by atoms with Crippen molar-refractivity contribution in [1.82, 2.24) is 0 Å². The Bertz CT molecular complexity index is 1620. The van der Waals surface area contributed by atoms with Crippen LogP contribution in [0.25, 0.3) is 54.6 Å². The fourth-order valence-electron chi connectivity index (χ4n) is 6.53. The molecule has 0 heteroatoms. The van der Waals surface area contributed by atoms with Gasteiger partial charge in [0.1, 0.15) is 0 Å². The van der Waals surface area contributed by atoms with Gasteiger partial charge in [0.25, 0.3) is 0 Å². The zero-order valence-corrected chi connectivity index (χ0v) is 23.1. The quantitative estimate of drug-likeness (QED) is 0.203. The van der Waals surface area contributed by atoms with Crippen molar-refractivity contribution >= 4 is 32.3 Å². The highest BCUT2D eigenvalue weighted by Gasteiger charge is 2.22. The molecular formula is C38H36. The van der Waals surface area contributed by atoms with Crippen LogP contribution in [0.4, 0.5) is 0 Å². The van der Waals surface area contributed by atoms with Crippen molar-refractivity contribution in [3.63, 3.8) is 0 Å². The lowest BCUT2D eigenvalue weighted by Crippen LogP contribution is -2.00. The Balaban J connectivity index is 1.92. The minimum absolute atomic E-state index is 1.02. The Kier molecular flexibility index (Phi) is 6.50. The molecule has 0 saturated carbocycles. The zero-order valence-electron chi connectivity index (χ0n) is 23.1. The first-order chi connectivity index (χ1) is 18.7. The maximum Gasteiger partial charge on any atom is -0.00206 e. The second-order valence-electron chi connectivity index (χ2n) is 10.4. The number of benzene rings is 6. The molecule has 6 rings (SSSR count). The molecule has 0 nitrogen and oxygen atoms in total. The molecule has 0 aliphatic carbocycles. The van der Waals surface area contributed by atoms with Gasteiger partial charge in [0.15, 0.2) is 0 Å². The van der Waals surface area contributed by atoms with E-state index in [1.807, 2.05) is 0 Å². The van der Waals surface area contributed by atoms with Crippen LogP contribution in [0.3, 0.4) is 0 Å². The number of fused-ring (bicyclic) bond motifs is 3. The van der Waals surface area contributed by atoms with Crippen LogP contribution in [0, 0.1) is 0 Å². The van der Waals surface area contributed by atoms with E-state index in [0.29, 0.717) is 0 Å². The molecule has 0 spiro atoms. The Hall–Kier alpha value is -3.90. The first-order valence-electron chi connectivity index (χ1n) is 14.3. The molecule has 0 N–H and O–H groups in total. The van der Waals surface area contributed by atoms with Crippen molar-refractivity contribution in [2.45, 2.75) is 53.4 Å². The Morgan fingerprint density at radius 2 is 0.684 bits per heavy atom. The standard InChI is InChI=1S/C38H36/c1-5-25-17-13-18-26(6-2)35(25)37-31-21-11-12-22-32(31)38(36-27(7-3)19-14-20-28(36)8-4)34-24-30-16-10-9-15-29(30)23-33(34)37/h9-24H,5-8H2,1-4H3. The summed E-state index contributed by atoms with van der Waals surface area (Å²) in [7, 11) is 0. The van der Waals surface area contributed by atoms with Crippen LogP contribution in [0.5, 0.6) is 0 Å². The molecular weight excluding hydrogens is 456 g/mol. The maximum atomic E-state index is 2.46. The van der Waals surface area contributed by atoms with Crippen LogP contribution >= 0.6 is 0 Å². The van der Waals surface area contributed by atoms with E-state index in [2.05, 4.69) is 125 Å². The number of aryl methyl sites for hydroxylation is 4. The normalized spacial score (nSPS) is 11.6. The van der Waals surface area contributed by atoms with Crippen LogP contribution in [0.2, 0.25) is 0 Å². The molecule has 0 aliphatic heterocycles. The van der Waals surface area contributed by atoms with E-state index in [-0.39, 0.29) is 0 Å². The van der Waals surface area contributed by atoms with E-state index in [0.717, 1.165) is 25.7 Å². The highest BCUT2D eigenvalue weighted by Crippen LogP contribution is 2.48. The minimum Gasteiger partial charge on any atom is -0.0617 e. The fourth-order valence-corrected chi connectivity index (χ4v) is 6.53. The highest BCUT2D eigenvalue weighted by atomic mass is 14.3. The van der Waals surface area contributed by atoms with Crippen LogP contribution in [0.1, 0.15) is 49.9 Å². The molecule has 0 amide bonds. The van der Waals surface area contributed by atoms with Crippen LogP contribution < -0.4 is 0 Å². The summed E-state index contributed by atoms with van der Waals surface area (Å²) in [5.41, 5.74) is 11.4. The molecule has 38 heavy (non-hydrogen) atoms. The topological polar surface area (TPSA) is 0 Å². The van der Waals surface area contributed by atoms with Gasteiger partial charge in [0, 0.05) is 0 Å². The third-order valence-corrected chi connectivity index (χ3v) is 8.39. The van der Waals surface area contributed by atoms with E-state index in [1.165, 1.54) is 76.8 Å². The third kappa shape index (κ3) is 3.82. The third-order valence-electron chi connectivity index (χ3n) is 8.39. The first-order valence-corrected chi connectivity index (χ1v) is 14.3. The van der Waals surface area contributed by atoms with Gasteiger partial charge in [-0.1, -0.05) is 113 Å². The van der Waals surface area contributed by atoms with E-state index in [4.69, 9.17) is 0 Å². The van der Waals surface area contributed by atoms with Gasteiger partial charge in [0.2, 0.25) is 0 Å². The summed E-state index contributed by atoms with van der Waals surface area (Å²) in [4.78, 5) is 0. The molecule has 0 heterocycles. The molecule has 0 fully saturated rings. The number of hydrogen-bond donors (Lipinski definition) is 0. The molecule has 0 atom stereocenters. The molecule has 0 aliphatic rings. The van der Waals surface area contributed by atoms with Gasteiger partial charge in [-0.25, -0.2) is 0 Å². The summed E-state index contributed by atoms with van der Waals surface area (Å²) in [6, 6.07) is 36.7. The van der Waals surface area contributed by atoms with Crippen LogP contribution in [-0.4, -0.2) is 0 Å². The van der Waals surface area contributed by atoms with Crippen molar-refractivity contribution in [2.75, 3.05) is 0 Å². The van der Waals surface area contributed by atoms with Crippen molar-refractivity contribution < 1.29 is 0 Å². The van der Waals surface area contributed by atoms with Crippen molar-refractivity contribution in [1.29, 1.82) is 0 Å². The monoisotopic (exact) mass is 492 g/mol. The van der Waals surface area contributed by atoms with Crippen LogP contribution in [0.15, 0.2) is 97.1 Å². The summed E-state index contributed by atoms with van der Waals surface area (Å²) >= 11 is 0. The SMILES string of the molecule is CCc1cccc(CC)c1-c1c2ccccc2c(-c2c(CC)cccc2CC)c2cc3ccccc3cc12. The van der Waals surface area contributed by atoms with Gasteiger partial charge < -0.3 is 0 Å². The lowest BCUT2D eigenvalue weighted by molar-refractivity contribution is 1.09. The average Bonchev–Trinajstić information content (AvgIpc) is 2.98. The summed E-state index contributed by atoms with van der Waals surface area (Å²) < 4.78 is 0. The van der Waals surface area contributed by atoms with Crippen molar-refractivity contribution in [3.8, 4) is 22.3 Å². The lowest BCUT2D eigenvalue weighted by Gasteiger charge is -2.24. The highest BCUT2D eigenvalue weighted by molar-refractivity contribution is 6.24.